The molecule has 1 heterocycles. The first-order chi connectivity index (χ1) is 15.3. The third kappa shape index (κ3) is 6.33. The number of hydrogen-bond donors (Lipinski definition) is 1. The number of piperidine rings is 1. The van der Waals surface area contributed by atoms with Crippen molar-refractivity contribution >= 4 is 27.8 Å². The van der Waals surface area contributed by atoms with E-state index in [0.717, 1.165) is 23.7 Å². The van der Waals surface area contributed by atoms with Gasteiger partial charge in [-0.25, -0.2) is 0 Å². The molecule has 7 heteroatoms. The second-order valence-corrected chi connectivity index (χ2v) is 9.46. The minimum atomic E-state index is -0.359. The van der Waals surface area contributed by atoms with E-state index in [1.165, 1.54) is 18.2 Å². The molecule has 0 aliphatic carbocycles. The highest BCUT2D eigenvalue weighted by atomic mass is 79.9. The molecule has 2 aromatic rings. The van der Waals surface area contributed by atoms with Gasteiger partial charge in [0.2, 0.25) is 0 Å². The van der Waals surface area contributed by atoms with Crippen molar-refractivity contribution in [2.75, 3.05) is 33.4 Å². The minimum Gasteiger partial charge on any atom is -0.483 e. The van der Waals surface area contributed by atoms with Crippen LogP contribution in [-0.4, -0.2) is 50.1 Å². The van der Waals surface area contributed by atoms with Crippen LogP contribution in [0.15, 0.2) is 46.9 Å². The fraction of sp³-hybridized carbons (Fsp3) is 0.440. The average Bonchev–Trinajstić information content (AvgIpc) is 2.80. The van der Waals surface area contributed by atoms with Crippen molar-refractivity contribution in [1.82, 2.24) is 4.90 Å². The van der Waals surface area contributed by atoms with Crippen molar-refractivity contribution in [3.8, 4) is 5.75 Å². The average molecular weight is 503 g/mol. The summed E-state index contributed by atoms with van der Waals surface area (Å²) >= 11 is 3.40. The minimum absolute atomic E-state index is 0.0201. The summed E-state index contributed by atoms with van der Waals surface area (Å²) in [5, 5.41) is 0. The molecule has 1 aliphatic rings. The predicted octanol–water partition coefficient (Wildman–Crippen LogP) is 3.66. The SMILES string of the molecule is COC(=O)Cc1cc(Br)ccc1OCC(=O)N1CCC(CN)(Cc2ccc(C)cc2)CC1. The molecule has 0 aromatic heterocycles. The summed E-state index contributed by atoms with van der Waals surface area (Å²) in [6, 6.07) is 14.0. The number of methoxy groups -OCH3 is 1. The number of rotatable bonds is 8. The molecule has 2 aromatic carbocycles. The van der Waals surface area contributed by atoms with E-state index in [2.05, 4.69) is 47.1 Å². The summed E-state index contributed by atoms with van der Waals surface area (Å²) in [5.41, 5.74) is 9.42. The number of carbonyl (C=O) groups excluding carboxylic acids is 2. The van der Waals surface area contributed by atoms with Crippen LogP contribution in [-0.2, 0) is 27.2 Å². The van der Waals surface area contributed by atoms with Crippen molar-refractivity contribution in [2.24, 2.45) is 11.1 Å². The molecular formula is C25H31BrN2O4. The van der Waals surface area contributed by atoms with E-state index in [1.54, 1.807) is 12.1 Å². The number of halogens is 1. The number of esters is 1. The van der Waals surface area contributed by atoms with Crippen molar-refractivity contribution in [2.45, 2.75) is 32.6 Å². The molecule has 1 aliphatic heterocycles. The van der Waals surface area contributed by atoms with E-state index in [9.17, 15) is 9.59 Å². The van der Waals surface area contributed by atoms with Crippen LogP contribution in [0.4, 0.5) is 0 Å². The molecule has 172 valence electrons. The van der Waals surface area contributed by atoms with Gasteiger partial charge in [-0.15, -0.1) is 0 Å². The van der Waals surface area contributed by atoms with Crippen LogP contribution in [0.25, 0.3) is 0 Å². The lowest BCUT2D eigenvalue weighted by atomic mass is 9.74. The Hall–Kier alpha value is -2.38. The van der Waals surface area contributed by atoms with Crippen molar-refractivity contribution in [3.63, 3.8) is 0 Å². The molecule has 0 unspecified atom stereocenters. The Morgan fingerprint density at radius 3 is 2.44 bits per heavy atom. The standard InChI is InChI=1S/C25H31BrN2O4/c1-18-3-5-19(6-4-18)15-25(17-27)9-11-28(12-10-25)23(29)16-32-22-8-7-21(26)13-20(22)14-24(30)31-2/h3-8,13H,9-12,14-17,27H2,1-2H3. The van der Waals surface area contributed by atoms with E-state index in [-0.39, 0.29) is 30.3 Å². The Morgan fingerprint density at radius 1 is 1.12 bits per heavy atom. The fourth-order valence-electron chi connectivity index (χ4n) is 4.11. The number of carbonyl (C=O) groups is 2. The van der Waals surface area contributed by atoms with Gasteiger partial charge < -0.3 is 20.1 Å². The second kappa shape index (κ2) is 11.0. The van der Waals surface area contributed by atoms with E-state index < -0.39 is 0 Å². The van der Waals surface area contributed by atoms with E-state index in [1.807, 2.05) is 11.0 Å². The number of benzene rings is 2. The van der Waals surface area contributed by atoms with Crippen LogP contribution < -0.4 is 10.5 Å². The number of hydrogen-bond acceptors (Lipinski definition) is 5. The van der Waals surface area contributed by atoms with Gasteiger partial charge >= 0.3 is 5.97 Å². The van der Waals surface area contributed by atoms with Gasteiger partial charge in [0, 0.05) is 23.1 Å². The van der Waals surface area contributed by atoms with Crippen LogP contribution in [0.1, 0.15) is 29.5 Å². The smallest absolute Gasteiger partial charge is 0.310 e. The molecule has 0 saturated carbocycles. The first-order valence-corrected chi connectivity index (χ1v) is 11.6. The monoisotopic (exact) mass is 502 g/mol. The lowest BCUT2D eigenvalue weighted by molar-refractivity contribution is -0.139. The van der Waals surface area contributed by atoms with Crippen LogP contribution in [0.3, 0.4) is 0 Å². The molecule has 0 bridgehead atoms. The van der Waals surface area contributed by atoms with Gasteiger partial charge in [0.25, 0.3) is 5.91 Å². The largest absolute Gasteiger partial charge is 0.483 e. The van der Waals surface area contributed by atoms with E-state index >= 15 is 0 Å². The van der Waals surface area contributed by atoms with Crippen LogP contribution >= 0.6 is 15.9 Å². The van der Waals surface area contributed by atoms with E-state index in [0.29, 0.717) is 30.9 Å². The summed E-state index contributed by atoms with van der Waals surface area (Å²) < 4.78 is 11.4. The van der Waals surface area contributed by atoms with Gasteiger partial charge in [-0.3, -0.25) is 9.59 Å². The van der Waals surface area contributed by atoms with Gasteiger partial charge in [0.1, 0.15) is 5.75 Å². The summed E-state index contributed by atoms with van der Waals surface area (Å²) in [6.45, 7) is 3.96. The number of nitrogens with two attached hydrogens (primary N) is 1. The first kappa shape index (κ1) is 24.3. The molecule has 0 spiro atoms. The summed E-state index contributed by atoms with van der Waals surface area (Å²) in [5.74, 6) is 0.0968. The van der Waals surface area contributed by atoms with Crippen molar-refractivity contribution in [3.05, 3.63) is 63.6 Å². The van der Waals surface area contributed by atoms with Crippen molar-refractivity contribution < 1.29 is 19.1 Å². The molecule has 3 rings (SSSR count). The molecule has 0 radical (unpaired) electrons. The Bertz CT molecular complexity index is 937. The maximum Gasteiger partial charge on any atom is 0.310 e. The number of amides is 1. The predicted molar refractivity (Wildman–Crippen MR) is 128 cm³/mol. The third-order valence-corrected chi connectivity index (χ3v) is 6.74. The first-order valence-electron chi connectivity index (χ1n) is 10.9. The molecule has 1 amide bonds. The highest BCUT2D eigenvalue weighted by Crippen LogP contribution is 2.34. The maximum atomic E-state index is 12.8. The van der Waals surface area contributed by atoms with Crippen molar-refractivity contribution in [1.29, 1.82) is 0 Å². The zero-order valence-corrected chi connectivity index (χ0v) is 20.3. The van der Waals surface area contributed by atoms with Gasteiger partial charge in [0.15, 0.2) is 6.61 Å². The lowest BCUT2D eigenvalue weighted by Gasteiger charge is -2.41. The number of ether oxygens (including phenoxy) is 2. The summed E-state index contributed by atoms with van der Waals surface area (Å²) in [7, 11) is 1.35. The van der Waals surface area contributed by atoms with Gasteiger partial charge in [-0.05, 0) is 61.9 Å². The van der Waals surface area contributed by atoms with Gasteiger partial charge in [0.05, 0.1) is 13.5 Å². The Balaban J connectivity index is 1.56. The fourth-order valence-corrected chi connectivity index (χ4v) is 4.52. The number of aryl methyl sites for hydroxylation is 1. The highest BCUT2D eigenvalue weighted by molar-refractivity contribution is 9.10. The zero-order chi connectivity index (χ0) is 23.1. The molecule has 32 heavy (non-hydrogen) atoms. The van der Waals surface area contributed by atoms with Gasteiger partial charge in [-0.1, -0.05) is 45.8 Å². The van der Waals surface area contributed by atoms with Crippen LogP contribution in [0.5, 0.6) is 5.75 Å². The molecule has 2 N–H and O–H groups in total. The Morgan fingerprint density at radius 2 is 1.81 bits per heavy atom. The maximum absolute atomic E-state index is 12.8. The molecule has 6 nitrogen and oxygen atoms in total. The molecule has 0 atom stereocenters. The second-order valence-electron chi connectivity index (χ2n) is 8.54. The Kier molecular flexibility index (Phi) is 8.32. The number of likely N-dealkylation sites (tertiary alicyclic amines) is 1. The highest BCUT2D eigenvalue weighted by Gasteiger charge is 2.35. The summed E-state index contributed by atoms with van der Waals surface area (Å²) in [6.07, 6.45) is 2.75. The normalized spacial score (nSPS) is 15.3. The van der Waals surface area contributed by atoms with E-state index in [4.69, 9.17) is 15.2 Å². The number of nitrogens with zero attached hydrogens (tertiary/aromatic N) is 1. The third-order valence-electron chi connectivity index (χ3n) is 6.25. The Labute approximate surface area is 198 Å². The lowest BCUT2D eigenvalue weighted by Crippen LogP contribution is -2.48. The quantitative estimate of drug-likeness (QED) is 0.557. The van der Waals surface area contributed by atoms with Crippen LogP contribution in [0, 0.1) is 12.3 Å². The van der Waals surface area contributed by atoms with Gasteiger partial charge in [-0.2, -0.15) is 0 Å². The molecule has 1 fully saturated rings. The topological polar surface area (TPSA) is 81.9 Å². The molecule has 1 saturated heterocycles. The van der Waals surface area contributed by atoms with Crippen LogP contribution in [0.2, 0.25) is 0 Å². The molecular weight excluding hydrogens is 472 g/mol. The summed E-state index contributed by atoms with van der Waals surface area (Å²) in [4.78, 5) is 26.3. The zero-order valence-electron chi connectivity index (χ0n) is 18.7.